The predicted molar refractivity (Wildman–Crippen MR) is 64.6 cm³/mol. The maximum absolute atomic E-state index is 12.0. The largest absolute Gasteiger partial charge is 0.466 e. The van der Waals surface area contributed by atoms with Gasteiger partial charge >= 0.3 is 5.97 Å². The highest BCUT2D eigenvalue weighted by atomic mass is 16.5. The van der Waals surface area contributed by atoms with E-state index < -0.39 is 0 Å². The van der Waals surface area contributed by atoms with Crippen molar-refractivity contribution < 1.29 is 9.53 Å². The van der Waals surface area contributed by atoms with Crippen molar-refractivity contribution in [3.63, 3.8) is 0 Å². The van der Waals surface area contributed by atoms with Crippen molar-refractivity contribution in [2.75, 3.05) is 19.7 Å². The summed E-state index contributed by atoms with van der Waals surface area (Å²) in [5.74, 6) is -0.254. The molecule has 4 heteroatoms. The van der Waals surface area contributed by atoms with Crippen molar-refractivity contribution in [3.05, 3.63) is 30.1 Å². The zero-order chi connectivity index (χ0) is 12.3. The maximum Gasteiger partial charge on any atom is 0.311 e. The summed E-state index contributed by atoms with van der Waals surface area (Å²) >= 11 is 0. The van der Waals surface area contributed by atoms with Crippen molar-refractivity contribution in [3.8, 4) is 0 Å². The van der Waals surface area contributed by atoms with Gasteiger partial charge in [-0.1, -0.05) is 13.0 Å². The molecule has 17 heavy (non-hydrogen) atoms. The van der Waals surface area contributed by atoms with Gasteiger partial charge in [0.15, 0.2) is 0 Å². The van der Waals surface area contributed by atoms with Gasteiger partial charge in [0.2, 0.25) is 0 Å². The molecule has 0 spiro atoms. The first-order valence-corrected chi connectivity index (χ1v) is 5.96. The van der Waals surface area contributed by atoms with Gasteiger partial charge in [0.05, 0.1) is 12.5 Å². The molecule has 0 aromatic carbocycles. The zero-order valence-corrected chi connectivity index (χ0v) is 10.3. The lowest BCUT2D eigenvalue weighted by atomic mass is 9.75. The lowest BCUT2D eigenvalue weighted by Gasteiger charge is -2.29. The van der Waals surface area contributed by atoms with Crippen LogP contribution >= 0.6 is 0 Å². The van der Waals surface area contributed by atoms with Crippen molar-refractivity contribution in [2.24, 2.45) is 5.92 Å². The Morgan fingerprint density at radius 3 is 3.18 bits per heavy atom. The van der Waals surface area contributed by atoms with Crippen LogP contribution in [-0.2, 0) is 14.9 Å². The molecule has 4 nitrogen and oxygen atoms in total. The number of rotatable bonds is 3. The van der Waals surface area contributed by atoms with Crippen LogP contribution in [0.1, 0.15) is 19.4 Å². The first-order chi connectivity index (χ1) is 8.18. The van der Waals surface area contributed by atoms with E-state index in [-0.39, 0.29) is 17.3 Å². The van der Waals surface area contributed by atoms with Crippen LogP contribution in [0.3, 0.4) is 0 Å². The molecule has 0 aliphatic carbocycles. The molecule has 1 saturated heterocycles. The summed E-state index contributed by atoms with van der Waals surface area (Å²) in [5, 5.41) is 3.27. The molecule has 1 N–H and O–H groups in total. The topological polar surface area (TPSA) is 51.2 Å². The Kier molecular flexibility index (Phi) is 3.43. The van der Waals surface area contributed by atoms with E-state index >= 15 is 0 Å². The highest BCUT2D eigenvalue weighted by Crippen LogP contribution is 2.35. The minimum atomic E-state index is -0.222. The molecule has 92 valence electrons. The van der Waals surface area contributed by atoms with E-state index in [0.29, 0.717) is 13.2 Å². The Morgan fingerprint density at radius 2 is 2.53 bits per heavy atom. The second-order valence-electron chi connectivity index (χ2n) is 4.59. The summed E-state index contributed by atoms with van der Waals surface area (Å²) < 4.78 is 5.14. The number of ether oxygens (including phenoxy) is 1. The van der Waals surface area contributed by atoms with Crippen molar-refractivity contribution in [1.82, 2.24) is 10.3 Å². The highest BCUT2D eigenvalue weighted by Gasteiger charge is 2.45. The standard InChI is InChI=1S/C13H18N2O2/c1-3-17-12(16)11-8-15-9-13(11,2)10-5-4-6-14-7-10/h4-7,11,15H,3,8-9H2,1-2H3. The molecular weight excluding hydrogens is 216 g/mol. The van der Waals surface area contributed by atoms with Crippen molar-refractivity contribution in [2.45, 2.75) is 19.3 Å². The third-order valence-corrected chi connectivity index (χ3v) is 3.50. The first kappa shape index (κ1) is 12.0. The summed E-state index contributed by atoms with van der Waals surface area (Å²) in [7, 11) is 0. The fourth-order valence-electron chi connectivity index (χ4n) is 2.41. The van der Waals surface area contributed by atoms with Gasteiger partial charge in [-0.05, 0) is 18.6 Å². The molecule has 0 amide bonds. The summed E-state index contributed by atoms with van der Waals surface area (Å²) in [6.07, 6.45) is 3.58. The molecule has 1 aliphatic heterocycles. The van der Waals surface area contributed by atoms with Gasteiger partial charge in [0.1, 0.15) is 0 Å². The van der Waals surface area contributed by atoms with Gasteiger partial charge in [-0.3, -0.25) is 9.78 Å². The highest BCUT2D eigenvalue weighted by molar-refractivity contribution is 5.75. The average Bonchev–Trinajstić information content (AvgIpc) is 2.74. The lowest BCUT2D eigenvalue weighted by Crippen LogP contribution is -2.37. The molecule has 0 saturated carbocycles. The van der Waals surface area contributed by atoms with Gasteiger partial charge in [-0.15, -0.1) is 0 Å². The Labute approximate surface area is 101 Å². The smallest absolute Gasteiger partial charge is 0.311 e. The van der Waals surface area contributed by atoms with Crippen LogP contribution in [0, 0.1) is 5.92 Å². The Hall–Kier alpha value is -1.42. The van der Waals surface area contributed by atoms with E-state index in [4.69, 9.17) is 4.74 Å². The van der Waals surface area contributed by atoms with Gasteiger partial charge < -0.3 is 10.1 Å². The van der Waals surface area contributed by atoms with Gasteiger partial charge in [-0.2, -0.15) is 0 Å². The molecule has 2 rings (SSSR count). The second kappa shape index (κ2) is 4.84. The molecule has 0 bridgehead atoms. The number of aromatic nitrogens is 1. The molecule has 1 aromatic heterocycles. The molecule has 0 radical (unpaired) electrons. The van der Waals surface area contributed by atoms with Crippen LogP contribution in [0.5, 0.6) is 0 Å². The number of carbonyl (C=O) groups excluding carboxylic acids is 1. The van der Waals surface area contributed by atoms with E-state index in [1.54, 1.807) is 6.20 Å². The van der Waals surface area contributed by atoms with E-state index in [1.807, 2.05) is 25.3 Å². The third kappa shape index (κ3) is 2.17. The maximum atomic E-state index is 12.0. The number of nitrogens with one attached hydrogen (secondary N) is 1. The normalized spacial score (nSPS) is 28.0. The van der Waals surface area contributed by atoms with Crippen LogP contribution in [0.2, 0.25) is 0 Å². The van der Waals surface area contributed by atoms with Crippen LogP contribution in [0.4, 0.5) is 0 Å². The van der Waals surface area contributed by atoms with Crippen LogP contribution in [-0.4, -0.2) is 30.6 Å². The lowest BCUT2D eigenvalue weighted by molar-refractivity contribution is -0.149. The summed E-state index contributed by atoms with van der Waals surface area (Å²) in [6.45, 7) is 5.80. The molecule has 1 aromatic rings. The van der Waals surface area contributed by atoms with E-state index in [0.717, 1.165) is 12.1 Å². The van der Waals surface area contributed by atoms with E-state index in [1.165, 1.54) is 0 Å². The Balaban J connectivity index is 2.26. The number of nitrogens with zero attached hydrogens (tertiary/aromatic N) is 1. The minimum absolute atomic E-state index is 0.121. The van der Waals surface area contributed by atoms with Crippen LogP contribution in [0.25, 0.3) is 0 Å². The van der Waals surface area contributed by atoms with Gasteiger partial charge in [0.25, 0.3) is 0 Å². The molecule has 2 atom stereocenters. The molecule has 2 heterocycles. The molecular formula is C13H18N2O2. The van der Waals surface area contributed by atoms with Crippen molar-refractivity contribution >= 4 is 5.97 Å². The van der Waals surface area contributed by atoms with Crippen molar-refractivity contribution in [1.29, 1.82) is 0 Å². The number of hydrogen-bond acceptors (Lipinski definition) is 4. The molecule has 2 unspecified atom stereocenters. The Morgan fingerprint density at radius 1 is 1.71 bits per heavy atom. The third-order valence-electron chi connectivity index (χ3n) is 3.50. The number of carbonyl (C=O) groups is 1. The fraction of sp³-hybridized carbons (Fsp3) is 0.538. The number of hydrogen-bond donors (Lipinski definition) is 1. The minimum Gasteiger partial charge on any atom is -0.466 e. The monoisotopic (exact) mass is 234 g/mol. The SMILES string of the molecule is CCOC(=O)C1CNCC1(C)c1cccnc1. The number of pyridine rings is 1. The van der Waals surface area contributed by atoms with E-state index in [2.05, 4.69) is 17.2 Å². The first-order valence-electron chi connectivity index (χ1n) is 5.96. The predicted octanol–water partition coefficient (Wildman–Crippen LogP) is 1.12. The van der Waals surface area contributed by atoms with Crippen LogP contribution in [0.15, 0.2) is 24.5 Å². The summed E-state index contributed by atoms with van der Waals surface area (Å²) in [6, 6.07) is 3.92. The zero-order valence-electron chi connectivity index (χ0n) is 10.3. The Bertz CT molecular complexity index is 394. The van der Waals surface area contributed by atoms with Gasteiger partial charge in [-0.25, -0.2) is 0 Å². The number of esters is 1. The summed E-state index contributed by atoms with van der Waals surface area (Å²) in [4.78, 5) is 16.1. The fourth-order valence-corrected chi connectivity index (χ4v) is 2.41. The van der Waals surface area contributed by atoms with E-state index in [9.17, 15) is 4.79 Å². The summed E-state index contributed by atoms with van der Waals surface area (Å²) in [5.41, 5.74) is 0.864. The quantitative estimate of drug-likeness (QED) is 0.796. The van der Waals surface area contributed by atoms with Crippen LogP contribution < -0.4 is 5.32 Å². The molecule has 1 fully saturated rings. The van der Waals surface area contributed by atoms with Gasteiger partial charge in [0, 0.05) is 30.9 Å². The average molecular weight is 234 g/mol. The second-order valence-corrected chi connectivity index (χ2v) is 4.59. The molecule has 1 aliphatic rings.